The summed E-state index contributed by atoms with van der Waals surface area (Å²) in [5.41, 5.74) is 0. The summed E-state index contributed by atoms with van der Waals surface area (Å²) in [6.45, 7) is 0. The SMILES string of the molecule is CNc1cc(Oc2ccc(F)cc2Cl)ccn1. The number of hydrogen-bond acceptors (Lipinski definition) is 3. The maximum Gasteiger partial charge on any atom is 0.146 e. The maximum absolute atomic E-state index is 12.8. The molecule has 1 aromatic heterocycles. The summed E-state index contributed by atoms with van der Waals surface area (Å²) in [6, 6.07) is 7.40. The maximum atomic E-state index is 12.8. The molecule has 0 spiro atoms. The molecule has 3 nitrogen and oxygen atoms in total. The van der Waals surface area contributed by atoms with Gasteiger partial charge in [-0.2, -0.15) is 0 Å². The molecule has 1 heterocycles. The number of halogens is 2. The number of hydrogen-bond donors (Lipinski definition) is 1. The van der Waals surface area contributed by atoms with Crippen LogP contribution in [0.3, 0.4) is 0 Å². The molecule has 0 unspecified atom stereocenters. The van der Waals surface area contributed by atoms with E-state index in [0.717, 1.165) is 0 Å². The summed E-state index contributed by atoms with van der Waals surface area (Å²) in [4.78, 5) is 4.05. The average molecular weight is 253 g/mol. The molecule has 0 saturated heterocycles. The van der Waals surface area contributed by atoms with Crippen LogP contribution in [0.2, 0.25) is 5.02 Å². The smallest absolute Gasteiger partial charge is 0.146 e. The predicted octanol–water partition coefficient (Wildman–Crippen LogP) is 3.71. The number of rotatable bonds is 3. The first-order valence-corrected chi connectivity index (χ1v) is 5.33. The Balaban J connectivity index is 2.25. The molecule has 0 fully saturated rings. The lowest BCUT2D eigenvalue weighted by Gasteiger charge is -2.08. The van der Waals surface area contributed by atoms with Gasteiger partial charge in [0.2, 0.25) is 0 Å². The predicted molar refractivity (Wildman–Crippen MR) is 65.3 cm³/mol. The van der Waals surface area contributed by atoms with Crippen molar-refractivity contribution >= 4 is 17.4 Å². The zero-order valence-electron chi connectivity index (χ0n) is 9.08. The van der Waals surface area contributed by atoms with E-state index >= 15 is 0 Å². The summed E-state index contributed by atoms with van der Waals surface area (Å²) < 4.78 is 18.4. The fourth-order valence-electron chi connectivity index (χ4n) is 1.30. The second-order valence-electron chi connectivity index (χ2n) is 3.30. The molecule has 0 saturated carbocycles. The number of benzene rings is 1. The molecule has 0 bridgehead atoms. The van der Waals surface area contributed by atoms with Gasteiger partial charge in [0.1, 0.15) is 23.1 Å². The third-order valence-electron chi connectivity index (χ3n) is 2.11. The van der Waals surface area contributed by atoms with Crippen LogP contribution in [-0.2, 0) is 0 Å². The normalized spacial score (nSPS) is 10.1. The molecule has 17 heavy (non-hydrogen) atoms. The Kier molecular flexibility index (Phi) is 3.44. The highest BCUT2D eigenvalue weighted by atomic mass is 35.5. The van der Waals surface area contributed by atoms with Crippen molar-refractivity contribution in [3.05, 3.63) is 47.4 Å². The van der Waals surface area contributed by atoms with E-state index in [9.17, 15) is 4.39 Å². The summed E-state index contributed by atoms with van der Waals surface area (Å²) in [7, 11) is 1.76. The van der Waals surface area contributed by atoms with Crippen LogP contribution in [0.25, 0.3) is 0 Å². The average Bonchev–Trinajstić information content (AvgIpc) is 2.33. The van der Waals surface area contributed by atoms with Crippen LogP contribution in [0, 0.1) is 5.82 Å². The van der Waals surface area contributed by atoms with Crippen LogP contribution in [0.4, 0.5) is 10.2 Å². The van der Waals surface area contributed by atoms with Gasteiger partial charge in [0, 0.05) is 19.3 Å². The van der Waals surface area contributed by atoms with Gasteiger partial charge in [-0.1, -0.05) is 11.6 Å². The van der Waals surface area contributed by atoms with Crippen molar-refractivity contribution in [3.8, 4) is 11.5 Å². The van der Waals surface area contributed by atoms with Crippen LogP contribution in [0.15, 0.2) is 36.5 Å². The number of ether oxygens (including phenoxy) is 1. The van der Waals surface area contributed by atoms with Crippen molar-refractivity contribution in [1.29, 1.82) is 0 Å². The minimum Gasteiger partial charge on any atom is -0.456 e. The van der Waals surface area contributed by atoms with Crippen molar-refractivity contribution in [2.75, 3.05) is 12.4 Å². The number of nitrogens with one attached hydrogen (secondary N) is 1. The van der Waals surface area contributed by atoms with E-state index in [2.05, 4.69) is 10.3 Å². The highest BCUT2D eigenvalue weighted by Gasteiger charge is 2.05. The Morgan fingerprint density at radius 1 is 1.29 bits per heavy atom. The summed E-state index contributed by atoms with van der Waals surface area (Å²) >= 11 is 5.86. The van der Waals surface area contributed by atoms with Crippen LogP contribution in [0.1, 0.15) is 0 Å². The summed E-state index contributed by atoms with van der Waals surface area (Å²) in [6.07, 6.45) is 1.61. The molecule has 0 radical (unpaired) electrons. The van der Waals surface area contributed by atoms with Crippen LogP contribution in [0.5, 0.6) is 11.5 Å². The van der Waals surface area contributed by atoms with Crippen molar-refractivity contribution in [2.45, 2.75) is 0 Å². The summed E-state index contributed by atoms with van der Waals surface area (Å²) in [5, 5.41) is 3.12. The molecule has 88 valence electrons. The van der Waals surface area contributed by atoms with Gasteiger partial charge in [-0.3, -0.25) is 0 Å². The topological polar surface area (TPSA) is 34.1 Å². The van der Waals surface area contributed by atoms with E-state index < -0.39 is 5.82 Å². The largest absolute Gasteiger partial charge is 0.456 e. The molecule has 1 N–H and O–H groups in total. The van der Waals surface area contributed by atoms with E-state index in [1.54, 1.807) is 25.4 Å². The Hall–Kier alpha value is -1.81. The van der Waals surface area contributed by atoms with E-state index in [1.165, 1.54) is 18.2 Å². The first-order valence-electron chi connectivity index (χ1n) is 4.96. The van der Waals surface area contributed by atoms with Crippen molar-refractivity contribution in [1.82, 2.24) is 4.98 Å². The lowest BCUT2D eigenvalue weighted by Crippen LogP contribution is -1.92. The molecule has 2 aromatic rings. The minimum absolute atomic E-state index is 0.229. The fraction of sp³-hybridized carbons (Fsp3) is 0.0833. The highest BCUT2D eigenvalue weighted by molar-refractivity contribution is 6.32. The highest BCUT2D eigenvalue weighted by Crippen LogP contribution is 2.30. The first kappa shape index (κ1) is 11.7. The number of aromatic nitrogens is 1. The van der Waals surface area contributed by atoms with Crippen LogP contribution in [-0.4, -0.2) is 12.0 Å². The van der Waals surface area contributed by atoms with Gasteiger partial charge in [-0.15, -0.1) is 0 Å². The second-order valence-corrected chi connectivity index (χ2v) is 3.71. The molecular weight excluding hydrogens is 243 g/mol. The van der Waals surface area contributed by atoms with Gasteiger partial charge in [-0.05, 0) is 24.3 Å². The number of nitrogens with zero attached hydrogens (tertiary/aromatic N) is 1. The molecule has 5 heteroatoms. The Morgan fingerprint density at radius 3 is 2.82 bits per heavy atom. The third kappa shape index (κ3) is 2.85. The van der Waals surface area contributed by atoms with E-state index in [4.69, 9.17) is 16.3 Å². The zero-order valence-corrected chi connectivity index (χ0v) is 9.83. The first-order chi connectivity index (χ1) is 8.19. The van der Waals surface area contributed by atoms with Gasteiger partial charge < -0.3 is 10.1 Å². The van der Waals surface area contributed by atoms with Gasteiger partial charge in [0.05, 0.1) is 5.02 Å². The molecule has 0 amide bonds. The lowest BCUT2D eigenvalue weighted by atomic mass is 10.3. The zero-order chi connectivity index (χ0) is 12.3. The standard InChI is InChI=1S/C12H10ClFN2O/c1-15-12-7-9(4-5-16-12)17-11-3-2-8(14)6-10(11)13/h2-7H,1H3,(H,15,16). The molecule has 1 aromatic carbocycles. The van der Waals surface area contributed by atoms with Gasteiger partial charge >= 0.3 is 0 Å². The second kappa shape index (κ2) is 5.01. The molecular formula is C12H10ClFN2O. The number of anilines is 1. The van der Waals surface area contributed by atoms with Gasteiger partial charge in [-0.25, -0.2) is 9.37 Å². The van der Waals surface area contributed by atoms with Crippen LogP contribution >= 0.6 is 11.6 Å². The van der Waals surface area contributed by atoms with Gasteiger partial charge in [0.25, 0.3) is 0 Å². The van der Waals surface area contributed by atoms with E-state index in [-0.39, 0.29) is 5.02 Å². The lowest BCUT2D eigenvalue weighted by molar-refractivity contribution is 0.480. The molecule has 2 rings (SSSR count). The fourth-order valence-corrected chi connectivity index (χ4v) is 1.50. The van der Waals surface area contributed by atoms with Crippen molar-refractivity contribution in [3.63, 3.8) is 0 Å². The van der Waals surface area contributed by atoms with Crippen LogP contribution < -0.4 is 10.1 Å². The molecule has 0 aliphatic heterocycles. The Bertz CT molecular complexity index is 534. The Labute approximate surface area is 103 Å². The molecule has 0 atom stereocenters. The third-order valence-corrected chi connectivity index (χ3v) is 2.40. The Morgan fingerprint density at radius 2 is 2.12 bits per heavy atom. The van der Waals surface area contributed by atoms with Crippen molar-refractivity contribution in [2.24, 2.45) is 0 Å². The monoisotopic (exact) mass is 252 g/mol. The quantitative estimate of drug-likeness (QED) is 0.904. The molecule has 0 aliphatic carbocycles. The van der Waals surface area contributed by atoms with E-state index in [0.29, 0.717) is 17.3 Å². The molecule has 0 aliphatic rings. The van der Waals surface area contributed by atoms with E-state index in [1.807, 2.05) is 0 Å². The minimum atomic E-state index is -0.395. The van der Waals surface area contributed by atoms with Crippen molar-refractivity contribution < 1.29 is 9.13 Å². The summed E-state index contributed by atoms with van der Waals surface area (Å²) in [5.74, 6) is 1.27. The number of pyridine rings is 1. The van der Waals surface area contributed by atoms with Gasteiger partial charge in [0.15, 0.2) is 0 Å².